The van der Waals surface area contributed by atoms with Gasteiger partial charge in [0, 0.05) is 23.5 Å². The average molecular weight is 241 g/mol. The Morgan fingerprint density at radius 2 is 1.89 bits per heavy atom. The van der Waals surface area contributed by atoms with Crippen LogP contribution in [0.5, 0.6) is 0 Å². The number of aromatic nitrogens is 2. The summed E-state index contributed by atoms with van der Waals surface area (Å²) in [6, 6.07) is 11.1. The molecule has 1 fully saturated rings. The molecule has 0 unspecified atom stereocenters. The van der Waals surface area contributed by atoms with Crippen molar-refractivity contribution in [3.8, 4) is 11.4 Å². The first-order chi connectivity index (χ1) is 8.86. The molecule has 3 heteroatoms. The molecule has 94 valence electrons. The van der Waals surface area contributed by atoms with Crippen LogP contribution in [0.15, 0.2) is 36.5 Å². The van der Waals surface area contributed by atoms with E-state index in [1.807, 2.05) is 12.3 Å². The Bertz CT molecular complexity index is 510. The van der Waals surface area contributed by atoms with Crippen LogP contribution in [-0.2, 0) is 0 Å². The highest BCUT2D eigenvalue weighted by Gasteiger charge is 2.20. The van der Waals surface area contributed by atoms with E-state index in [2.05, 4.69) is 46.1 Å². The first-order valence-electron chi connectivity index (χ1n) is 6.66. The molecule has 18 heavy (non-hydrogen) atoms. The van der Waals surface area contributed by atoms with Gasteiger partial charge in [-0.05, 0) is 32.9 Å². The van der Waals surface area contributed by atoms with Gasteiger partial charge in [0.1, 0.15) is 5.82 Å². The Balaban J connectivity index is 2.01. The minimum absolute atomic E-state index is 0.587. The highest BCUT2D eigenvalue weighted by atomic mass is 15.1. The second kappa shape index (κ2) is 4.94. The van der Waals surface area contributed by atoms with E-state index in [-0.39, 0.29) is 0 Å². The van der Waals surface area contributed by atoms with E-state index in [1.54, 1.807) is 0 Å². The van der Waals surface area contributed by atoms with Gasteiger partial charge in [-0.25, -0.2) is 4.98 Å². The number of hydrogen-bond acceptors (Lipinski definition) is 2. The molecule has 0 aliphatic carbocycles. The number of aryl methyl sites for hydroxylation is 1. The maximum atomic E-state index is 4.60. The minimum atomic E-state index is 0.587. The molecule has 1 N–H and O–H groups in total. The zero-order chi connectivity index (χ0) is 12.4. The van der Waals surface area contributed by atoms with E-state index in [1.165, 1.54) is 24.1 Å². The largest absolute Gasteiger partial charge is 0.325 e. The van der Waals surface area contributed by atoms with E-state index < -0.39 is 0 Å². The van der Waals surface area contributed by atoms with Gasteiger partial charge < -0.3 is 9.88 Å². The normalized spacial score (nSPS) is 16.9. The quantitative estimate of drug-likeness (QED) is 0.876. The van der Waals surface area contributed by atoms with E-state index >= 15 is 0 Å². The van der Waals surface area contributed by atoms with Gasteiger partial charge in [0.25, 0.3) is 0 Å². The molecule has 1 aromatic carbocycles. The number of rotatable bonds is 2. The van der Waals surface area contributed by atoms with Gasteiger partial charge in [0.15, 0.2) is 0 Å². The van der Waals surface area contributed by atoms with Crippen molar-refractivity contribution in [2.45, 2.75) is 25.8 Å². The fourth-order valence-electron chi connectivity index (χ4n) is 2.77. The third-order valence-corrected chi connectivity index (χ3v) is 3.69. The van der Waals surface area contributed by atoms with Crippen LogP contribution in [-0.4, -0.2) is 22.6 Å². The number of benzene rings is 1. The average Bonchev–Trinajstić information content (AvgIpc) is 2.83. The van der Waals surface area contributed by atoms with Gasteiger partial charge in [0.05, 0.1) is 0 Å². The minimum Gasteiger partial charge on any atom is -0.325 e. The van der Waals surface area contributed by atoms with Crippen molar-refractivity contribution in [2.75, 3.05) is 13.1 Å². The smallest absolute Gasteiger partial charge is 0.140 e. The monoisotopic (exact) mass is 241 g/mol. The summed E-state index contributed by atoms with van der Waals surface area (Å²) in [5.41, 5.74) is 2.48. The van der Waals surface area contributed by atoms with Gasteiger partial charge >= 0.3 is 0 Å². The van der Waals surface area contributed by atoms with Gasteiger partial charge in [0.2, 0.25) is 0 Å². The third kappa shape index (κ3) is 2.06. The Labute approximate surface area is 108 Å². The Kier molecular flexibility index (Phi) is 3.15. The fraction of sp³-hybridized carbons (Fsp3) is 0.400. The van der Waals surface area contributed by atoms with Crippen molar-refractivity contribution >= 4 is 0 Å². The topological polar surface area (TPSA) is 29.9 Å². The Hall–Kier alpha value is -1.61. The lowest BCUT2D eigenvalue weighted by molar-refractivity contribution is 0.366. The number of hydrogen-bond donors (Lipinski definition) is 1. The molecule has 3 nitrogen and oxygen atoms in total. The van der Waals surface area contributed by atoms with Crippen molar-refractivity contribution in [3.05, 3.63) is 42.2 Å². The van der Waals surface area contributed by atoms with Crippen molar-refractivity contribution in [1.82, 2.24) is 14.9 Å². The lowest BCUT2D eigenvalue weighted by atomic mass is 10.1. The molecule has 1 aromatic heterocycles. The van der Waals surface area contributed by atoms with Gasteiger partial charge in [-0.3, -0.25) is 0 Å². The van der Waals surface area contributed by atoms with Crippen molar-refractivity contribution in [3.63, 3.8) is 0 Å². The van der Waals surface area contributed by atoms with E-state index in [0.717, 1.165) is 18.9 Å². The molecule has 1 aliphatic heterocycles. The molecular formula is C15H19N3. The van der Waals surface area contributed by atoms with Crippen molar-refractivity contribution < 1.29 is 0 Å². The van der Waals surface area contributed by atoms with Crippen LogP contribution < -0.4 is 5.32 Å². The number of imidazole rings is 1. The highest BCUT2D eigenvalue weighted by Crippen LogP contribution is 2.28. The van der Waals surface area contributed by atoms with Crippen LogP contribution in [0.3, 0.4) is 0 Å². The summed E-state index contributed by atoms with van der Waals surface area (Å²) in [7, 11) is 0. The van der Waals surface area contributed by atoms with E-state index in [4.69, 9.17) is 0 Å². The summed E-state index contributed by atoms with van der Waals surface area (Å²) >= 11 is 0. The molecule has 0 bridgehead atoms. The summed E-state index contributed by atoms with van der Waals surface area (Å²) < 4.78 is 2.41. The Morgan fingerprint density at radius 1 is 1.17 bits per heavy atom. The first-order valence-corrected chi connectivity index (χ1v) is 6.66. The second-order valence-corrected chi connectivity index (χ2v) is 4.94. The van der Waals surface area contributed by atoms with Crippen LogP contribution in [0.1, 0.15) is 24.6 Å². The zero-order valence-corrected chi connectivity index (χ0v) is 10.8. The maximum absolute atomic E-state index is 4.60. The highest BCUT2D eigenvalue weighted by molar-refractivity contribution is 5.56. The molecule has 0 amide bonds. The van der Waals surface area contributed by atoms with E-state index in [9.17, 15) is 0 Å². The van der Waals surface area contributed by atoms with Crippen LogP contribution in [0.25, 0.3) is 11.4 Å². The standard InChI is InChI=1S/C15H19N3/c1-12-11-17-15(13-5-3-2-4-6-13)18(12)14-7-9-16-10-8-14/h2-6,11,14,16H,7-10H2,1H3. The van der Waals surface area contributed by atoms with Crippen LogP contribution in [0.4, 0.5) is 0 Å². The molecular weight excluding hydrogens is 222 g/mol. The summed E-state index contributed by atoms with van der Waals surface area (Å²) in [5.74, 6) is 1.11. The van der Waals surface area contributed by atoms with E-state index in [0.29, 0.717) is 6.04 Å². The molecule has 0 spiro atoms. The molecule has 2 heterocycles. The summed E-state index contributed by atoms with van der Waals surface area (Å²) in [5, 5.41) is 3.42. The van der Waals surface area contributed by atoms with Gasteiger partial charge in [-0.1, -0.05) is 30.3 Å². The number of piperidine rings is 1. The van der Waals surface area contributed by atoms with Crippen LogP contribution in [0, 0.1) is 6.92 Å². The molecule has 2 aromatic rings. The van der Waals surface area contributed by atoms with Gasteiger partial charge in [-0.15, -0.1) is 0 Å². The fourth-order valence-corrected chi connectivity index (χ4v) is 2.77. The lowest BCUT2D eigenvalue weighted by Crippen LogP contribution is -2.30. The molecule has 3 rings (SSSR count). The number of nitrogens with one attached hydrogen (secondary N) is 1. The third-order valence-electron chi connectivity index (χ3n) is 3.69. The predicted octanol–water partition coefficient (Wildman–Crippen LogP) is 2.78. The molecule has 0 radical (unpaired) electrons. The SMILES string of the molecule is Cc1cnc(-c2ccccc2)n1C1CCNCC1. The molecule has 0 saturated carbocycles. The van der Waals surface area contributed by atoms with Crippen LogP contribution >= 0.6 is 0 Å². The van der Waals surface area contributed by atoms with Gasteiger partial charge in [-0.2, -0.15) is 0 Å². The second-order valence-electron chi connectivity index (χ2n) is 4.94. The lowest BCUT2D eigenvalue weighted by Gasteiger charge is -2.26. The Morgan fingerprint density at radius 3 is 2.61 bits per heavy atom. The molecule has 1 aliphatic rings. The summed E-state index contributed by atoms with van der Waals surface area (Å²) in [4.78, 5) is 4.60. The zero-order valence-electron chi connectivity index (χ0n) is 10.8. The number of nitrogens with zero attached hydrogens (tertiary/aromatic N) is 2. The first kappa shape index (κ1) is 11.5. The molecule has 0 atom stereocenters. The van der Waals surface area contributed by atoms with Crippen LogP contribution in [0.2, 0.25) is 0 Å². The summed E-state index contributed by atoms with van der Waals surface area (Å²) in [6.45, 7) is 4.37. The van der Waals surface area contributed by atoms with Crippen molar-refractivity contribution in [1.29, 1.82) is 0 Å². The molecule has 1 saturated heterocycles. The predicted molar refractivity (Wildman–Crippen MR) is 73.5 cm³/mol. The summed E-state index contributed by atoms with van der Waals surface area (Å²) in [6.07, 6.45) is 4.37. The van der Waals surface area contributed by atoms with Crippen molar-refractivity contribution in [2.24, 2.45) is 0 Å². The maximum Gasteiger partial charge on any atom is 0.140 e.